The van der Waals surface area contributed by atoms with Gasteiger partial charge in [-0.15, -0.1) is 0 Å². The van der Waals surface area contributed by atoms with Crippen LogP contribution in [0.25, 0.3) is 0 Å². The highest BCUT2D eigenvalue weighted by atomic mass is 79.9. The second kappa shape index (κ2) is 4.67. The van der Waals surface area contributed by atoms with E-state index in [1.165, 1.54) is 0 Å². The zero-order valence-corrected chi connectivity index (χ0v) is 9.30. The van der Waals surface area contributed by atoms with Gasteiger partial charge in [0.1, 0.15) is 0 Å². The van der Waals surface area contributed by atoms with Crippen molar-refractivity contribution in [3.63, 3.8) is 0 Å². The standard InChI is InChI=1S/C8H4BrN3O4/c9-3-5-1-7(11(13)14)8(12(15)16)2-6(5)4-10/h1-2H,3H2. The summed E-state index contributed by atoms with van der Waals surface area (Å²) in [6, 6.07) is 3.70. The summed E-state index contributed by atoms with van der Waals surface area (Å²) in [5.41, 5.74) is -0.890. The predicted octanol–water partition coefficient (Wildman–Crippen LogP) is 2.27. The van der Waals surface area contributed by atoms with E-state index in [0.29, 0.717) is 5.56 Å². The molecule has 0 atom stereocenters. The molecule has 0 saturated heterocycles. The van der Waals surface area contributed by atoms with Crippen LogP contribution in [0.15, 0.2) is 12.1 Å². The molecule has 0 N–H and O–H groups in total. The third-order valence-corrected chi connectivity index (χ3v) is 2.46. The highest BCUT2D eigenvalue weighted by molar-refractivity contribution is 9.08. The zero-order chi connectivity index (χ0) is 12.3. The van der Waals surface area contributed by atoms with E-state index in [2.05, 4.69) is 15.9 Å². The fraction of sp³-hybridized carbons (Fsp3) is 0.125. The molecule has 1 aromatic rings. The lowest BCUT2D eigenvalue weighted by atomic mass is 10.1. The Morgan fingerprint density at radius 3 is 2.12 bits per heavy atom. The Balaban J connectivity index is 3.55. The van der Waals surface area contributed by atoms with Crippen LogP contribution in [0.3, 0.4) is 0 Å². The van der Waals surface area contributed by atoms with Crippen molar-refractivity contribution in [2.45, 2.75) is 5.33 Å². The molecule has 7 nitrogen and oxygen atoms in total. The minimum atomic E-state index is -0.878. The van der Waals surface area contributed by atoms with Crippen LogP contribution in [0.4, 0.5) is 11.4 Å². The van der Waals surface area contributed by atoms with E-state index in [-0.39, 0.29) is 10.9 Å². The molecule has 0 bridgehead atoms. The number of rotatable bonds is 3. The summed E-state index contributed by atoms with van der Waals surface area (Å²) in [5.74, 6) is 0. The number of nitriles is 1. The summed E-state index contributed by atoms with van der Waals surface area (Å²) in [7, 11) is 0. The second-order valence-electron chi connectivity index (χ2n) is 2.76. The molecule has 0 spiro atoms. The number of nitro groups is 2. The Kier molecular flexibility index (Phi) is 3.52. The molecular weight excluding hydrogens is 282 g/mol. The SMILES string of the molecule is N#Cc1cc([N+](=O)[O-])c([N+](=O)[O-])cc1CBr. The molecule has 0 radical (unpaired) electrons. The fourth-order valence-electron chi connectivity index (χ4n) is 1.13. The maximum atomic E-state index is 10.6. The maximum Gasteiger partial charge on any atom is 0.347 e. The second-order valence-corrected chi connectivity index (χ2v) is 3.32. The molecule has 82 valence electrons. The molecule has 0 aliphatic rings. The highest BCUT2D eigenvalue weighted by Crippen LogP contribution is 2.30. The number of nitro benzene ring substituents is 2. The van der Waals surface area contributed by atoms with E-state index in [9.17, 15) is 20.2 Å². The molecule has 0 unspecified atom stereocenters. The molecule has 0 heterocycles. The Labute approximate surface area is 97.7 Å². The summed E-state index contributed by atoms with van der Waals surface area (Å²) in [5, 5.41) is 30.1. The highest BCUT2D eigenvalue weighted by Gasteiger charge is 2.26. The molecule has 1 aromatic carbocycles. The van der Waals surface area contributed by atoms with Crippen LogP contribution in [0, 0.1) is 31.6 Å². The first-order chi connectivity index (χ1) is 7.51. The Hall–Kier alpha value is -2.01. The lowest BCUT2D eigenvalue weighted by molar-refractivity contribution is -0.422. The van der Waals surface area contributed by atoms with Crippen LogP contribution in [-0.4, -0.2) is 9.85 Å². The first-order valence-corrected chi connectivity index (χ1v) is 5.05. The number of hydrogen-bond donors (Lipinski definition) is 0. The van der Waals surface area contributed by atoms with Gasteiger partial charge < -0.3 is 0 Å². The van der Waals surface area contributed by atoms with Gasteiger partial charge in [0.15, 0.2) is 0 Å². The lowest BCUT2D eigenvalue weighted by Crippen LogP contribution is -1.99. The van der Waals surface area contributed by atoms with Crippen molar-refractivity contribution in [3.05, 3.63) is 43.5 Å². The molecule has 8 heteroatoms. The van der Waals surface area contributed by atoms with E-state index >= 15 is 0 Å². The molecule has 0 fully saturated rings. The van der Waals surface area contributed by atoms with Crippen LogP contribution in [0.2, 0.25) is 0 Å². The third-order valence-electron chi connectivity index (χ3n) is 1.86. The average molecular weight is 286 g/mol. The van der Waals surface area contributed by atoms with Crippen molar-refractivity contribution in [3.8, 4) is 6.07 Å². The zero-order valence-electron chi connectivity index (χ0n) is 7.71. The summed E-state index contributed by atoms with van der Waals surface area (Å²) >= 11 is 3.05. The van der Waals surface area contributed by atoms with Crippen LogP contribution in [0.5, 0.6) is 0 Å². The van der Waals surface area contributed by atoms with Gasteiger partial charge in [-0.2, -0.15) is 5.26 Å². The minimum Gasteiger partial charge on any atom is -0.258 e. The Morgan fingerprint density at radius 2 is 1.75 bits per heavy atom. The van der Waals surface area contributed by atoms with Crippen molar-refractivity contribution in [2.24, 2.45) is 0 Å². The molecule has 0 aliphatic carbocycles. The van der Waals surface area contributed by atoms with E-state index in [0.717, 1.165) is 12.1 Å². The van der Waals surface area contributed by atoms with Crippen LogP contribution >= 0.6 is 15.9 Å². The Bertz CT molecular complexity index is 509. The van der Waals surface area contributed by atoms with Gasteiger partial charge in [0.2, 0.25) is 0 Å². The molecule has 0 aliphatic heterocycles. The van der Waals surface area contributed by atoms with Gasteiger partial charge in [-0.3, -0.25) is 20.2 Å². The molecule has 16 heavy (non-hydrogen) atoms. The van der Waals surface area contributed by atoms with Crippen LogP contribution in [-0.2, 0) is 5.33 Å². The fourth-order valence-corrected chi connectivity index (χ4v) is 1.59. The third kappa shape index (κ3) is 2.14. The average Bonchev–Trinajstić information content (AvgIpc) is 2.26. The van der Waals surface area contributed by atoms with Crippen molar-refractivity contribution < 1.29 is 9.85 Å². The van der Waals surface area contributed by atoms with Crippen molar-refractivity contribution in [1.29, 1.82) is 5.26 Å². The van der Waals surface area contributed by atoms with E-state index in [4.69, 9.17) is 5.26 Å². The van der Waals surface area contributed by atoms with E-state index < -0.39 is 21.2 Å². The quantitative estimate of drug-likeness (QED) is 0.480. The molecule has 0 aromatic heterocycles. The van der Waals surface area contributed by atoms with Crippen molar-refractivity contribution >= 4 is 27.3 Å². The lowest BCUT2D eigenvalue weighted by Gasteiger charge is -2.00. The number of halogens is 1. The van der Waals surface area contributed by atoms with E-state index in [1.54, 1.807) is 6.07 Å². The van der Waals surface area contributed by atoms with Crippen LogP contribution in [0.1, 0.15) is 11.1 Å². The minimum absolute atomic E-state index is 0.0502. The van der Waals surface area contributed by atoms with Gasteiger partial charge in [-0.1, -0.05) is 15.9 Å². The van der Waals surface area contributed by atoms with Gasteiger partial charge in [0.05, 0.1) is 21.5 Å². The first-order valence-electron chi connectivity index (χ1n) is 3.93. The van der Waals surface area contributed by atoms with Gasteiger partial charge in [-0.05, 0) is 5.56 Å². The molecule has 0 saturated carbocycles. The smallest absolute Gasteiger partial charge is 0.258 e. The maximum absolute atomic E-state index is 10.6. The predicted molar refractivity (Wildman–Crippen MR) is 57.1 cm³/mol. The van der Waals surface area contributed by atoms with Gasteiger partial charge >= 0.3 is 11.4 Å². The molecule has 0 amide bonds. The summed E-state index contributed by atoms with van der Waals surface area (Å²) in [4.78, 5) is 19.5. The first kappa shape index (κ1) is 12.1. The van der Waals surface area contributed by atoms with E-state index in [1.807, 2.05) is 0 Å². The van der Waals surface area contributed by atoms with Gasteiger partial charge in [-0.25, -0.2) is 0 Å². The number of benzene rings is 1. The number of hydrogen-bond acceptors (Lipinski definition) is 5. The van der Waals surface area contributed by atoms with Crippen LogP contribution < -0.4 is 0 Å². The number of nitrogens with zero attached hydrogens (tertiary/aromatic N) is 3. The molecule has 1 rings (SSSR count). The summed E-state index contributed by atoms with van der Waals surface area (Å²) in [6.07, 6.45) is 0. The van der Waals surface area contributed by atoms with Gasteiger partial charge in [0, 0.05) is 17.5 Å². The largest absolute Gasteiger partial charge is 0.347 e. The number of alkyl halides is 1. The topological polar surface area (TPSA) is 110 Å². The Morgan fingerprint density at radius 1 is 1.25 bits per heavy atom. The summed E-state index contributed by atoms with van der Waals surface area (Å²) < 4.78 is 0. The van der Waals surface area contributed by atoms with Crippen molar-refractivity contribution in [1.82, 2.24) is 0 Å². The van der Waals surface area contributed by atoms with Crippen molar-refractivity contribution in [2.75, 3.05) is 0 Å². The monoisotopic (exact) mass is 285 g/mol. The normalized spacial score (nSPS) is 9.50. The molecular formula is C8H4BrN3O4. The van der Waals surface area contributed by atoms with Gasteiger partial charge in [0.25, 0.3) is 0 Å². The summed E-state index contributed by atoms with van der Waals surface area (Å²) in [6.45, 7) is 0.